The van der Waals surface area contributed by atoms with Crippen LogP contribution in [0.1, 0.15) is 19.5 Å². The molecule has 3 rings (SSSR count). The van der Waals surface area contributed by atoms with Crippen LogP contribution in [0.15, 0.2) is 59.4 Å². The highest BCUT2D eigenvalue weighted by molar-refractivity contribution is 5.92. The fourth-order valence-corrected chi connectivity index (χ4v) is 2.41. The Hall–Kier alpha value is -3.08. The van der Waals surface area contributed by atoms with E-state index >= 15 is 0 Å². The summed E-state index contributed by atoms with van der Waals surface area (Å²) in [7, 11) is 0. The Kier molecular flexibility index (Phi) is 4.84. The van der Waals surface area contributed by atoms with Crippen LogP contribution >= 0.6 is 0 Å². The number of carbonyl (C=O) groups excluding carboxylic acids is 1. The zero-order valence-corrected chi connectivity index (χ0v) is 14.2. The molecule has 128 valence electrons. The van der Waals surface area contributed by atoms with Crippen molar-refractivity contribution in [3.63, 3.8) is 0 Å². The van der Waals surface area contributed by atoms with E-state index in [-0.39, 0.29) is 23.9 Å². The molecular formula is C20H20N2O3. The summed E-state index contributed by atoms with van der Waals surface area (Å²) in [4.78, 5) is 27.0. The van der Waals surface area contributed by atoms with E-state index in [0.717, 1.165) is 11.2 Å². The molecule has 5 heteroatoms. The fourth-order valence-electron chi connectivity index (χ4n) is 2.41. The summed E-state index contributed by atoms with van der Waals surface area (Å²) in [6.07, 6.45) is 0. The van der Waals surface area contributed by atoms with Gasteiger partial charge in [0.25, 0.3) is 0 Å². The molecular weight excluding hydrogens is 316 g/mol. The van der Waals surface area contributed by atoms with Gasteiger partial charge in [0.15, 0.2) is 5.43 Å². The second kappa shape index (κ2) is 7.21. The number of fused-ring (bicyclic) bond motifs is 1. The lowest BCUT2D eigenvalue weighted by Gasteiger charge is -2.10. The molecule has 0 spiro atoms. The molecule has 3 aromatic rings. The van der Waals surface area contributed by atoms with Gasteiger partial charge in [0.1, 0.15) is 12.4 Å². The average molecular weight is 336 g/mol. The molecule has 1 heterocycles. The number of pyridine rings is 1. The van der Waals surface area contributed by atoms with Crippen LogP contribution < -0.4 is 15.5 Å². The van der Waals surface area contributed by atoms with Gasteiger partial charge in [-0.05, 0) is 36.4 Å². The average Bonchev–Trinajstić information content (AvgIpc) is 2.61. The Balaban J connectivity index is 1.67. The molecule has 0 saturated carbocycles. The predicted octanol–water partition coefficient (Wildman–Crippen LogP) is 3.70. The molecule has 2 aromatic carbocycles. The zero-order valence-electron chi connectivity index (χ0n) is 14.2. The van der Waals surface area contributed by atoms with E-state index in [1.807, 2.05) is 32.0 Å². The maximum Gasteiger partial charge on any atom is 0.226 e. The second-order valence-corrected chi connectivity index (χ2v) is 6.16. The third-order valence-electron chi connectivity index (χ3n) is 3.83. The monoisotopic (exact) mass is 336 g/mol. The molecule has 2 N–H and O–H groups in total. The molecule has 5 nitrogen and oxygen atoms in total. The van der Waals surface area contributed by atoms with Gasteiger partial charge < -0.3 is 15.0 Å². The van der Waals surface area contributed by atoms with Crippen molar-refractivity contribution in [2.45, 2.75) is 20.5 Å². The summed E-state index contributed by atoms with van der Waals surface area (Å²) >= 11 is 0. The summed E-state index contributed by atoms with van der Waals surface area (Å²) in [5.41, 5.74) is 2.20. The highest BCUT2D eigenvalue weighted by Gasteiger charge is 2.07. The van der Waals surface area contributed by atoms with Crippen molar-refractivity contribution in [1.82, 2.24) is 4.98 Å². The highest BCUT2D eigenvalue weighted by atomic mass is 16.5. The minimum absolute atomic E-state index is 0.0255. The van der Waals surface area contributed by atoms with Gasteiger partial charge in [-0.25, -0.2) is 0 Å². The van der Waals surface area contributed by atoms with Crippen LogP contribution in [0, 0.1) is 5.92 Å². The molecule has 0 bridgehead atoms. The first-order valence-electron chi connectivity index (χ1n) is 8.17. The maximum absolute atomic E-state index is 12.1. The van der Waals surface area contributed by atoms with Gasteiger partial charge in [-0.3, -0.25) is 9.59 Å². The number of hydrogen-bond acceptors (Lipinski definition) is 3. The Morgan fingerprint density at radius 2 is 1.84 bits per heavy atom. The van der Waals surface area contributed by atoms with E-state index in [4.69, 9.17) is 4.74 Å². The van der Waals surface area contributed by atoms with Crippen molar-refractivity contribution in [2.24, 2.45) is 5.92 Å². The number of benzene rings is 2. The molecule has 0 aliphatic carbocycles. The van der Waals surface area contributed by atoms with Gasteiger partial charge >= 0.3 is 0 Å². The first kappa shape index (κ1) is 16.8. The number of aromatic nitrogens is 1. The number of H-pyrrole nitrogens is 1. The van der Waals surface area contributed by atoms with Gasteiger partial charge in [0, 0.05) is 28.6 Å². The van der Waals surface area contributed by atoms with Crippen LogP contribution in [0.3, 0.4) is 0 Å². The zero-order chi connectivity index (χ0) is 17.8. The van der Waals surface area contributed by atoms with Gasteiger partial charge in [0.2, 0.25) is 5.91 Å². The van der Waals surface area contributed by atoms with E-state index in [1.165, 1.54) is 0 Å². The van der Waals surface area contributed by atoms with Crippen molar-refractivity contribution >= 4 is 22.5 Å². The topological polar surface area (TPSA) is 71.2 Å². The number of carbonyl (C=O) groups is 1. The summed E-state index contributed by atoms with van der Waals surface area (Å²) < 4.78 is 5.72. The largest absolute Gasteiger partial charge is 0.487 e. The molecule has 0 atom stereocenters. The molecule has 0 saturated heterocycles. The molecule has 0 radical (unpaired) electrons. The third kappa shape index (κ3) is 4.07. The maximum atomic E-state index is 12.1. The van der Waals surface area contributed by atoms with Crippen molar-refractivity contribution in [1.29, 1.82) is 0 Å². The number of anilines is 1. The minimum atomic E-state index is -0.0688. The molecule has 0 fully saturated rings. The normalized spacial score (nSPS) is 10.8. The van der Waals surface area contributed by atoms with Crippen LogP contribution in [0.25, 0.3) is 10.9 Å². The van der Waals surface area contributed by atoms with E-state index in [2.05, 4.69) is 10.3 Å². The summed E-state index contributed by atoms with van der Waals surface area (Å²) in [5.74, 6) is 0.569. The van der Waals surface area contributed by atoms with E-state index in [0.29, 0.717) is 16.8 Å². The number of aromatic amines is 1. The summed E-state index contributed by atoms with van der Waals surface area (Å²) in [6, 6.07) is 16.1. The minimum Gasteiger partial charge on any atom is -0.487 e. The summed E-state index contributed by atoms with van der Waals surface area (Å²) in [6.45, 7) is 3.95. The smallest absolute Gasteiger partial charge is 0.226 e. The standard InChI is InChI=1S/C20H20N2O3/c1-13(2)20(24)22-14-7-9-16(10-8-14)25-12-15-11-19(23)17-5-3-4-6-18(17)21-15/h3-11,13H,12H2,1-2H3,(H,21,23)(H,22,24). The van der Waals surface area contributed by atoms with Crippen LogP contribution in [0.4, 0.5) is 5.69 Å². The Bertz CT molecular complexity index is 943. The number of para-hydroxylation sites is 1. The van der Waals surface area contributed by atoms with E-state index < -0.39 is 0 Å². The molecule has 1 amide bonds. The Morgan fingerprint density at radius 1 is 1.12 bits per heavy atom. The van der Waals surface area contributed by atoms with Crippen molar-refractivity contribution < 1.29 is 9.53 Å². The second-order valence-electron chi connectivity index (χ2n) is 6.16. The van der Waals surface area contributed by atoms with Gasteiger partial charge in [-0.2, -0.15) is 0 Å². The lowest BCUT2D eigenvalue weighted by atomic mass is 10.2. The van der Waals surface area contributed by atoms with Crippen LogP contribution in [0.5, 0.6) is 5.75 Å². The van der Waals surface area contributed by atoms with Gasteiger partial charge in [0.05, 0.1) is 5.69 Å². The molecule has 0 aliphatic rings. The van der Waals surface area contributed by atoms with Crippen LogP contribution in [-0.2, 0) is 11.4 Å². The number of amides is 1. The number of rotatable bonds is 5. The van der Waals surface area contributed by atoms with Gasteiger partial charge in [-0.15, -0.1) is 0 Å². The van der Waals surface area contributed by atoms with Crippen molar-refractivity contribution in [2.75, 3.05) is 5.32 Å². The van der Waals surface area contributed by atoms with Crippen molar-refractivity contribution in [3.05, 3.63) is 70.5 Å². The first-order valence-corrected chi connectivity index (χ1v) is 8.17. The first-order chi connectivity index (χ1) is 12.0. The molecule has 25 heavy (non-hydrogen) atoms. The predicted molar refractivity (Wildman–Crippen MR) is 98.8 cm³/mol. The number of nitrogens with one attached hydrogen (secondary N) is 2. The number of hydrogen-bond donors (Lipinski definition) is 2. The Labute approximate surface area is 145 Å². The van der Waals surface area contributed by atoms with Crippen LogP contribution in [-0.4, -0.2) is 10.9 Å². The van der Waals surface area contributed by atoms with Gasteiger partial charge in [-0.1, -0.05) is 26.0 Å². The highest BCUT2D eigenvalue weighted by Crippen LogP contribution is 2.17. The molecule has 1 aromatic heterocycles. The lowest BCUT2D eigenvalue weighted by Crippen LogP contribution is -2.17. The summed E-state index contributed by atoms with van der Waals surface area (Å²) in [5, 5.41) is 3.49. The third-order valence-corrected chi connectivity index (χ3v) is 3.83. The molecule has 0 aliphatic heterocycles. The lowest BCUT2D eigenvalue weighted by molar-refractivity contribution is -0.118. The van der Waals surface area contributed by atoms with E-state index in [1.54, 1.807) is 36.4 Å². The number of ether oxygens (including phenoxy) is 1. The quantitative estimate of drug-likeness (QED) is 0.746. The van der Waals surface area contributed by atoms with Crippen LogP contribution in [0.2, 0.25) is 0 Å². The van der Waals surface area contributed by atoms with E-state index in [9.17, 15) is 9.59 Å². The SMILES string of the molecule is CC(C)C(=O)Nc1ccc(OCc2cc(=O)c3ccccc3[nH]2)cc1. The van der Waals surface area contributed by atoms with Crippen molar-refractivity contribution in [3.8, 4) is 5.75 Å². The molecule has 0 unspecified atom stereocenters. The fraction of sp³-hybridized carbons (Fsp3) is 0.200. The Morgan fingerprint density at radius 3 is 2.56 bits per heavy atom.